The van der Waals surface area contributed by atoms with E-state index in [9.17, 15) is 4.79 Å². The number of benzene rings is 3. The lowest BCUT2D eigenvalue weighted by Gasteiger charge is -2.18. The van der Waals surface area contributed by atoms with E-state index in [1.807, 2.05) is 79.0 Å². The molecular weight excluding hydrogens is 332 g/mol. The molecule has 134 valence electrons. The van der Waals surface area contributed by atoms with Gasteiger partial charge in [-0.2, -0.15) is 0 Å². The van der Waals surface area contributed by atoms with E-state index in [-0.39, 0.29) is 11.8 Å². The van der Waals surface area contributed by atoms with Crippen molar-refractivity contribution in [2.24, 2.45) is 0 Å². The van der Waals surface area contributed by atoms with Crippen LogP contribution < -0.4 is 5.32 Å². The summed E-state index contributed by atoms with van der Waals surface area (Å²) in [4.78, 5) is 16.6. The van der Waals surface area contributed by atoms with Crippen molar-refractivity contribution in [3.63, 3.8) is 0 Å². The number of Topliss-reactive ketones (excluding diaryl/α,β-unsaturated/α-hetero) is 1. The largest absolute Gasteiger partial charge is 0.360 e. The van der Waals surface area contributed by atoms with Gasteiger partial charge in [0.1, 0.15) is 0 Å². The number of aromatic nitrogens is 1. The van der Waals surface area contributed by atoms with Gasteiger partial charge in [0.15, 0.2) is 5.78 Å². The third-order valence-corrected chi connectivity index (χ3v) is 4.85. The minimum absolute atomic E-state index is 0.0895. The zero-order valence-electron chi connectivity index (χ0n) is 15.1. The molecule has 0 unspecified atom stereocenters. The van der Waals surface area contributed by atoms with Crippen LogP contribution in [-0.2, 0) is 6.42 Å². The average molecular weight is 354 g/mol. The summed E-state index contributed by atoms with van der Waals surface area (Å²) in [5.74, 6) is 0.0895. The first-order valence-electron chi connectivity index (χ1n) is 9.25. The minimum atomic E-state index is -0.367. The molecule has 0 saturated carbocycles. The first-order chi connectivity index (χ1) is 13.3. The molecule has 0 fully saturated rings. The Balaban J connectivity index is 1.59. The fraction of sp³-hybridized carbons (Fsp3) is 0.125. The Hall–Kier alpha value is -3.17. The van der Waals surface area contributed by atoms with E-state index in [1.54, 1.807) is 0 Å². The summed E-state index contributed by atoms with van der Waals surface area (Å²) in [6, 6.07) is 27.8. The van der Waals surface area contributed by atoms with E-state index in [0.29, 0.717) is 0 Å². The third-order valence-electron chi connectivity index (χ3n) is 4.85. The van der Waals surface area contributed by atoms with Crippen LogP contribution in [0, 0.1) is 0 Å². The molecule has 4 rings (SSSR count). The molecule has 0 saturated heterocycles. The Morgan fingerprint density at radius 3 is 2.30 bits per heavy atom. The van der Waals surface area contributed by atoms with Crippen LogP contribution in [0.4, 0.5) is 0 Å². The molecule has 1 heterocycles. The Kier molecular flexibility index (Phi) is 5.13. The average Bonchev–Trinajstić information content (AvgIpc) is 3.16. The third kappa shape index (κ3) is 3.83. The van der Waals surface area contributed by atoms with E-state index in [4.69, 9.17) is 0 Å². The highest BCUT2D eigenvalue weighted by Crippen LogP contribution is 2.24. The number of hydrogen-bond acceptors (Lipinski definition) is 2. The SMILES string of the molecule is O=C(c1c[nH]c2ccccc12)[C@H](NCCc1ccccc1)c1ccccc1. The smallest absolute Gasteiger partial charge is 0.186 e. The second kappa shape index (κ2) is 8.02. The van der Waals surface area contributed by atoms with Gasteiger partial charge in [0.25, 0.3) is 0 Å². The molecule has 0 amide bonds. The molecule has 3 nitrogen and oxygen atoms in total. The van der Waals surface area contributed by atoms with Gasteiger partial charge in [0.2, 0.25) is 0 Å². The van der Waals surface area contributed by atoms with Gasteiger partial charge in [0.05, 0.1) is 6.04 Å². The molecule has 0 aliphatic rings. The van der Waals surface area contributed by atoms with Crippen LogP contribution in [0.1, 0.15) is 27.5 Å². The summed E-state index contributed by atoms with van der Waals surface area (Å²) in [7, 11) is 0. The molecule has 27 heavy (non-hydrogen) atoms. The maximum absolute atomic E-state index is 13.4. The van der Waals surface area contributed by atoms with Gasteiger partial charge in [-0.3, -0.25) is 4.79 Å². The lowest BCUT2D eigenvalue weighted by Crippen LogP contribution is -2.30. The summed E-state index contributed by atoms with van der Waals surface area (Å²) in [5, 5.41) is 4.44. The van der Waals surface area contributed by atoms with Crippen LogP contribution in [0.3, 0.4) is 0 Å². The molecule has 0 spiro atoms. The van der Waals surface area contributed by atoms with Crippen molar-refractivity contribution in [3.05, 3.63) is 108 Å². The predicted octanol–water partition coefficient (Wildman–Crippen LogP) is 4.92. The Bertz CT molecular complexity index is 1020. The van der Waals surface area contributed by atoms with Crippen LogP contribution >= 0.6 is 0 Å². The molecule has 0 radical (unpaired) electrons. The number of carbonyl (C=O) groups is 1. The van der Waals surface area contributed by atoms with Crippen LogP contribution in [0.2, 0.25) is 0 Å². The summed E-state index contributed by atoms with van der Waals surface area (Å²) >= 11 is 0. The topological polar surface area (TPSA) is 44.9 Å². The maximum Gasteiger partial charge on any atom is 0.186 e. The molecule has 0 aliphatic carbocycles. The molecule has 1 aromatic heterocycles. The number of ketones is 1. The zero-order chi connectivity index (χ0) is 18.5. The van der Waals surface area contributed by atoms with Crippen LogP contribution in [0.15, 0.2) is 91.1 Å². The maximum atomic E-state index is 13.4. The molecule has 1 atom stereocenters. The fourth-order valence-corrected chi connectivity index (χ4v) is 3.44. The molecule has 2 N–H and O–H groups in total. The first-order valence-corrected chi connectivity index (χ1v) is 9.25. The lowest BCUT2D eigenvalue weighted by atomic mass is 9.96. The first kappa shape index (κ1) is 17.3. The monoisotopic (exact) mass is 354 g/mol. The van der Waals surface area contributed by atoms with Crippen molar-refractivity contribution in [3.8, 4) is 0 Å². The van der Waals surface area contributed by atoms with Crippen LogP contribution in [0.25, 0.3) is 10.9 Å². The summed E-state index contributed by atoms with van der Waals surface area (Å²) in [6.45, 7) is 0.734. The zero-order valence-corrected chi connectivity index (χ0v) is 15.1. The molecule has 4 aromatic rings. The Labute approximate surface area is 159 Å². The number of fused-ring (bicyclic) bond motifs is 1. The van der Waals surface area contributed by atoms with Crippen molar-refractivity contribution in [2.75, 3.05) is 6.54 Å². The van der Waals surface area contributed by atoms with Gasteiger partial charge < -0.3 is 10.3 Å². The second-order valence-electron chi connectivity index (χ2n) is 6.65. The quantitative estimate of drug-likeness (QED) is 0.463. The number of hydrogen-bond donors (Lipinski definition) is 2. The van der Waals surface area contributed by atoms with Crippen molar-refractivity contribution in [1.29, 1.82) is 0 Å². The number of carbonyl (C=O) groups excluding carboxylic acids is 1. The van der Waals surface area contributed by atoms with Crippen LogP contribution in [-0.4, -0.2) is 17.3 Å². The van der Waals surface area contributed by atoms with Crippen LogP contribution in [0.5, 0.6) is 0 Å². The van der Waals surface area contributed by atoms with Crippen molar-refractivity contribution < 1.29 is 4.79 Å². The number of aromatic amines is 1. The molecule has 0 bridgehead atoms. The number of nitrogens with one attached hydrogen (secondary N) is 2. The van der Waals surface area contributed by atoms with E-state index < -0.39 is 0 Å². The van der Waals surface area contributed by atoms with Gasteiger partial charge in [-0.25, -0.2) is 0 Å². The van der Waals surface area contributed by atoms with Gasteiger partial charge >= 0.3 is 0 Å². The van der Waals surface area contributed by atoms with Gasteiger partial charge in [0, 0.05) is 29.2 Å². The predicted molar refractivity (Wildman–Crippen MR) is 110 cm³/mol. The van der Waals surface area contributed by atoms with Gasteiger partial charge in [-0.05, 0) is 23.6 Å². The summed E-state index contributed by atoms with van der Waals surface area (Å²) in [5.41, 5.74) is 3.96. The molecular formula is C24H22N2O. The highest BCUT2D eigenvalue weighted by atomic mass is 16.1. The van der Waals surface area contributed by atoms with E-state index in [2.05, 4.69) is 22.4 Å². The minimum Gasteiger partial charge on any atom is -0.360 e. The Morgan fingerprint density at radius 2 is 1.52 bits per heavy atom. The Morgan fingerprint density at radius 1 is 0.852 bits per heavy atom. The second-order valence-corrected chi connectivity index (χ2v) is 6.65. The van der Waals surface area contributed by atoms with Gasteiger partial charge in [-0.15, -0.1) is 0 Å². The standard InChI is InChI=1S/C24H22N2O/c27-24(21-17-26-22-14-8-7-13-20(21)22)23(19-11-5-2-6-12-19)25-16-15-18-9-3-1-4-10-18/h1-14,17,23,25-26H,15-16H2/t23-/m1/s1. The lowest BCUT2D eigenvalue weighted by molar-refractivity contribution is 0.0945. The van der Waals surface area contributed by atoms with Gasteiger partial charge in [-0.1, -0.05) is 78.9 Å². The highest BCUT2D eigenvalue weighted by Gasteiger charge is 2.23. The number of para-hydroxylation sites is 1. The molecule has 3 aromatic carbocycles. The van der Waals surface area contributed by atoms with Crippen molar-refractivity contribution in [2.45, 2.75) is 12.5 Å². The highest BCUT2D eigenvalue weighted by molar-refractivity contribution is 6.10. The van der Waals surface area contributed by atoms with Crippen molar-refractivity contribution >= 4 is 16.7 Å². The van der Waals surface area contributed by atoms with E-state index >= 15 is 0 Å². The molecule has 3 heteroatoms. The fourth-order valence-electron chi connectivity index (χ4n) is 3.44. The van der Waals surface area contributed by atoms with E-state index in [1.165, 1.54) is 5.56 Å². The molecule has 0 aliphatic heterocycles. The number of H-pyrrole nitrogens is 1. The summed E-state index contributed by atoms with van der Waals surface area (Å²) < 4.78 is 0. The number of rotatable bonds is 7. The normalized spacial score (nSPS) is 12.1. The van der Waals surface area contributed by atoms with Crippen molar-refractivity contribution in [1.82, 2.24) is 10.3 Å². The summed E-state index contributed by atoms with van der Waals surface area (Å²) in [6.07, 6.45) is 2.70. The van der Waals surface area contributed by atoms with E-state index in [0.717, 1.165) is 35.0 Å².